The molecule has 3 aromatic carbocycles. The number of aromatic hydroxyl groups is 1. The summed E-state index contributed by atoms with van der Waals surface area (Å²) < 4.78 is 52.4. The topological polar surface area (TPSA) is 194 Å². The highest BCUT2D eigenvalue weighted by molar-refractivity contribution is 5.99. The highest BCUT2D eigenvalue weighted by Crippen LogP contribution is 2.31. The van der Waals surface area contributed by atoms with Crippen molar-refractivity contribution < 1.29 is 56.5 Å². The molecule has 0 spiro atoms. The Morgan fingerprint density at radius 2 is 1.38 bits per heavy atom. The predicted octanol–water partition coefficient (Wildman–Crippen LogP) is 4.54. The molecule has 18 heteroatoms. The zero-order chi connectivity index (χ0) is 42.9. The quantitative estimate of drug-likeness (QED) is 0.227. The van der Waals surface area contributed by atoms with E-state index in [1.807, 2.05) is 60.7 Å². The van der Waals surface area contributed by atoms with Crippen LogP contribution in [0.15, 0.2) is 83.8 Å². The molecule has 0 radical (unpaired) electrons. The van der Waals surface area contributed by atoms with E-state index in [4.69, 9.17) is 9.47 Å². The van der Waals surface area contributed by atoms with E-state index < -0.39 is 82.4 Å². The van der Waals surface area contributed by atoms with Crippen LogP contribution in [0.4, 0.5) is 22.8 Å². The van der Waals surface area contributed by atoms with E-state index in [0.717, 1.165) is 17.3 Å². The third-order valence-corrected chi connectivity index (χ3v) is 10.00. The number of carbonyl (C=O) groups excluding carboxylic acids is 6. The molecule has 2 bridgehead atoms. The number of hydrogen-bond acceptors (Lipinski definition) is 10. The van der Waals surface area contributed by atoms with Crippen LogP contribution in [0.5, 0.6) is 5.75 Å². The van der Waals surface area contributed by atoms with Gasteiger partial charge in [-0.15, -0.1) is 0 Å². The first-order valence-corrected chi connectivity index (χ1v) is 18.9. The summed E-state index contributed by atoms with van der Waals surface area (Å²) >= 11 is 0. The third kappa shape index (κ3) is 10.5. The smallest absolute Gasteiger partial charge is 0.410 e. The lowest BCUT2D eigenvalue weighted by molar-refractivity contribution is -0.120. The van der Waals surface area contributed by atoms with Gasteiger partial charge in [0.05, 0.1) is 12.1 Å². The molecule has 0 saturated carbocycles. The number of amides is 4. The number of benzene rings is 3. The number of Topliss-reactive ketones (excluding diaryl/α,β-unsaturated/α-hetero) is 2. The lowest BCUT2D eigenvalue weighted by Gasteiger charge is -2.34. The number of nitrogens with one attached hydrogen (secondary N) is 2. The van der Waals surface area contributed by atoms with Gasteiger partial charge in [-0.25, -0.2) is 22.8 Å². The van der Waals surface area contributed by atoms with Crippen molar-refractivity contribution in [2.75, 3.05) is 26.2 Å². The van der Waals surface area contributed by atoms with Crippen LogP contribution in [-0.2, 0) is 38.8 Å². The Morgan fingerprint density at radius 1 is 0.783 bits per heavy atom. The Kier molecular flexibility index (Phi) is 13.6. The van der Waals surface area contributed by atoms with Crippen molar-refractivity contribution in [2.24, 2.45) is 0 Å². The largest absolute Gasteiger partial charge is 0.503 e. The van der Waals surface area contributed by atoms with Gasteiger partial charge in [0.15, 0.2) is 11.4 Å². The molecule has 2 saturated heterocycles. The molecule has 4 heterocycles. The molecule has 4 aromatic rings. The maximum Gasteiger partial charge on any atom is 0.410 e. The number of alkyl carbamates (subject to hydrolysis) is 1. The van der Waals surface area contributed by atoms with E-state index in [2.05, 4.69) is 10.6 Å². The van der Waals surface area contributed by atoms with Crippen molar-refractivity contribution in [3.8, 4) is 5.75 Å². The number of fused-ring (bicyclic) bond motifs is 4. The molecule has 0 unspecified atom stereocenters. The minimum atomic E-state index is -1.22. The predicted molar refractivity (Wildman–Crippen MR) is 205 cm³/mol. The van der Waals surface area contributed by atoms with E-state index in [9.17, 15) is 51.8 Å². The summed E-state index contributed by atoms with van der Waals surface area (Å²) in [5.41, 5.74) is -0.887. The standard InChI is InChI=1S/C22H24N2O5.C20H16F3N3O5/c25-20-11-12-24(22(27)29-16-18-9-5-2-6-10-18)14-19(13-20)23-21(26)28-15-17-7-3-1-4-8-17;21-9-3-14(22)12(15(23)4-9)6-24-19(30)13-8-26-10-5-11(27)1-2-25(7-10)20(31)16(26)18(29)17(13)28/h1-10,19H,11-16H2,(H,23,26);3-4,8,10,29H,1-2,5-7H2,(H,24,30)/t19-;10-/m00/s1. The summed E-state index contributed by atoms with van der Waals surface area (Å²) in [5, 5.41) is 15.2. The Morgan fingerprint density at radius 3 is 2.03 bits per heavy atom. The second kappa shape index (κ2) is 19.2. The normalized spacial score (nSPS) is 17.3. The van der Waals surface area contributed by atoms with Crippen LogP contribution in [-0.4, -0.2) is 87.3 Å². The zero-order valence-electron chi connectivity index (χ0n) is 32.0. The van der Waals surface area contributed by atoms with Crippen molar-refractivity contribution in [1.29, 1.82) is 0 Å². The average molecular weight is 832 g/mol. The fraction of sp³-hybridized carbons (Fsp3) is 0.310. The second-order valence-electron chi connectivity index (χ2n) is 14.3. The average Bonchev–Trinajstić information content (AvgIpc) is 3.52. The number of aromatic nitrogens is 1. The van der Waals surface area contributed by atoms with Crippen molar-refractivity contribution >= 4 is 35.6 Å². The number of rotatable bonds is 8. The first kappa shape index (κ1) is 42.6. The van der Waals surface area contributed by atoms with Crippen LogP contribution in [0, 0.1) is 17.5 Å². The van der Waals surface area contributed by atoms with E-state index in [-0.39, 0.29) is 82.3 Å². The SMILES string of the molecule is O=C1CCN(C(=O)OCc2ccccc2)C[C@@H](NC(=O)OCc2ccccc2)C1.O=C1CCN2C[C@H](C1)n1cc(C(=O)NCc3c(F)cc(F)cc3F)c(=O)c(O)c1C2=O. The second-order valence-corrected chi connectivity index (χ2v) is 14.3. The van der Waals surface area contributed by atoms with E-state index >= 15 is 0 Å². The number of ether oxygens (including phenoxy) is 2. The van der Waals surface area contributed by atoms with Crippen LogP contribution in [0.2, 0.25) is 0 Å². The monoisotopic (exact) mass is 831 g/mol. The molecule has 1 aromatic heterocycles. The van der Waals surface area contributed by atoms with E-state index in [1.165, 1.54) is 14.4 Å². The number of pyridine rings is 1. The summed E-state index contributed by atoms with van der Waals surface area (Å²) in [7, 11) is 0. The van der Waals surface area contributed by atoms with E-state index in [0.29, 0.717) is 12.1 Å². The molecule has 60 heavy (non-hydrogen) atoms. The highest BCUT2D eigenvalue weighted by atomic mass is 19.1. The fourth-order valence-electron chi connectivity index (χ4n) is 6.90. The van der Waals surface area contributed by atoms with Gasteiger partial charge in [0.2, 0.25) is 5.43 Å². The van der Waals surface area contributed by atoms with Gasteiger partial charge in [-0.05, 0) is 11.1 Å². The number of ketones is 2. The van der Waals surface area contributed by atoms with Gasteiger partial charge in [0, 0.05) is 82.3 Å². The summed E-state index contributed by atoms with van der Waals surface area (Å²) in [6.07, 6.45) is 0.512. The lowest BCUT2D eigenvalue weighted by Crippen LogP contribution is -2.45. The van der Waals surface area contributed by atoms with Crippen LogP contribution < -0.4 is 16.1 Å². The molecule has 3 aliphatic heterocycles. The van der Waals surface area contributed by atoms with Crippen molar-refractivity contribution in [3.63, 3.8) is 0 Å². The molecular weight excluding hydrogens is 791 g/mol. The number of carbonyl (C=O) groups is 6. The maximum absolute atomic E-state index is 13.8. The number of halogens is 3. The molecule has 314 valence electrons. The summed E-state index contributed by atoms with van der Waals surface area (Å²) in [4.78, 5) is 89.1. The molecular formula is C42H40F3N5O10. The molecule has 4 amide bonds. The Labute approximate surface area is 340 Å². The van der Waals surface area contributed by atoms with Gasteiger partial charge in [0.1, 0.15) is 47.8 Å². The first-order valence-electron chi connectivity index (χ1n) is 18.9. The molecule has 7 rings (SSSR count). The fourth-order valence-corrected chi connectivity index (χ4v) is 6.90. The Bertz CT molecular complexity index is 2320. The summed E-state index contributed by atoms with van der Waals surface area (Å²) in [6.45, 7) is 0.403. The Hall–Kier alpha value is -6.98. The summed E-state index contributed by atoms with van der Waals surface area (Å²) in [6, 6.07) is 18.5. The highest BCUT2D eigenvalue weighted by Gasteiger charge is 2.38. The number of nitrogens with zero attached hydrogens (tertiary/aromatic N) is 3. The number of hydrogen-bond donors (Lipinski definition) is 3. The summed E-state index contributed by atoms with van der Waals surface area (Å²) in [5.74, 6) is -6.33. The van der Waals surface area contributed by atoms with Gasteiger partial charge in [-0.3, -0.25) is 24.0 Å². The van der Waals surface area contributed by atoms with Gasteiger partial charge in [0.25, 0.3) is 11.8 Å². The molecule has 2 fully saturated rings. The van der Waals surface area contributed by atoms with Crippen molar-refractivity contribution in [2.45, 2.75) is 57.5 Å². The van der Waals surface area contributed by atoms with Gasteiger partial charge >= 0.3 is 12.2 Å². The van der Waals surface area contributed by atoms with Crippen LogP contribution in [0.25, 0.3) is 0 Å². The number of likely N-dealkylation sites (tertiary alicyclic amines) is 1. The zero-order valence-corrected chi connectivity index (χ0v) is 32.0. The van der Waals surface area contributed by atoms with Crippen molar-refractivity contribution in [3.05, 3.63) is 135 Å². The lowest BCUT2D eigenvalue weighted by atomic mass is 10.0. The van der Waals surface area contributed by atoms with Crippen LogP contribution in [0.3, 0.4) is 0 Å². The molecule has 0 aliphatic carbocycles. The minimum Gasteiger partial charge on any atom is -0.503 e. The molecule has 15 nitrogen and oxygen atoms in total. The van der Waals surface area contributed by atoms with E-state index in [1.54, 1.807) is 0 Å². The maximum atomic E-state index is 13.8. The van der Waals surface area contributed by atoms with Gasteiger partial charge in [-0.1, -0.05) is 60.7 Å². The first-order chi connectivity index (χ1) is 28.8. The van der Waals surface area contributed by atoms with Crippen LogP contribution in [0.1, 0.15) is 69.3 Å². The molecule has 2 atom stereocenters. The molecule has 3 aliphatic rings. The van der Waals surface area contributed by atoms with Crippen molar-refractivity contribution in [1.82, 2.24) is 25.0 Å². The van der Waals surface area contributed by atoms with Crippen LogP contribution >= 0.6 is 0 Å². The Balaban J connectivity index is 0.000000202. The third-order valence-electron chi connectivity index (χ3n) is 10.00. The van der Waals surface area contributed by atoms with Gasteiger partial charge in [-0.2, -0.15) is 0 Å². The molecule has 3 N–H and O–H groups in total. The van der Waals surface area contributed by atoms with Gasteiger partial charge < -0.3 is 39.6 Å². The minimum absolute atomic E-state index is 0.0169.